The summed E-state index contributed by atoms with van der Waals surface area (Å²) < 4.78 is 7.17. The Bertz CT molecular complexity index is 957. The second-order valence-corrected chi connectivity index (χ2v) is 6.04. The van der Waals surface area contributed by atoms with Crippen LogP contribution in [0.25, 0.3) is 21.9 Å². The summed E-state index contributed by atoms with van der Waals surface area (Å²) >= 11 is 0. The quantitative estimate of drug-likeness (QED) is 0.754. The monoisotopic (exact) mass is 311 g/mol. The zero-order chi connectivity index (χ0) is 16.0. The highest BCUT2D eigenvalue weighted by Crippen LogP contribution is 2.36. The maximum atomic E-state index is 12.5. The van der Waals surface area contributed by atoms with Gasteiger partial charge in [0.25, 0.3) is 0 Å². The first-order valence-corrected chi connectivity index (χ1v) is 7.74. The molecule has 2 heterocycles. The summed E-state index contributed by atoms with van der Waals surface area (Å²) in [4.78, 5) is 30.8. The number of benzene rings is 1. The van der Waals surface area contributed by atoms with Crippen LogP contribution in [0.1, 0.15) is 25.3 Å². The lowest BCUT2D eigenvalue weighted by atomic mass is 10.1. The van der Waals surface area contributed by atoms with Gasteiger partial charge in [-0.05, 0) is 25.3 Å². The number of pyridine rings is 1. The van der Waals surface area contributed by atoms with Crippen LogP contribution in [0.4, 0.5) is 0 Å². The average Bonchev–Trinajstić information content (AvgIpc) is 3.17. The number of hydrogen-bond acceptors (Lipinski definition) is 4. The Hall–Kier alpha value is -2.63. The van der Waals surface area contributed by atoms with E-state index in [9.17, 15) is 9.59 Å². The Balaban J connectivity index is 2.00. The molecule has 2 aromatic heterocycles. The number of nitrogens with one attached hydrogen (secondary N) is 1. The Morgan fingerprint density at radius 3 is 3.00 bits per heavy atom. The van der Waals surface area contributed by atoms with Gasteiger partial charge in [-0.2, -0.15) is 0 Å². The van der Waals surface area contributed by atoms with E-state index in [1.807, 2.05) is 18.2 Å². The Labute approximate surface area is 132 Å². The highest BCUT2D eigenvalue weighted by Gasteiger charge is 2.28. The smallest absolute Gasteiger partial charge is 0.326 e. The number of nitrogens with zero attached hydrogens (tertiary/aromatic N) is 2. The maximum absolute atomic E-state index is 12.5. The molecule has 1 aliphatic carbocycles. The highest BCUT2D eigenvalue weighted by molar-refractivity contribution is 6.04. The number of aldehydes is 1. The molecule has 1 fully saturated rings. The van der Waals surface area contributed by atoms with Crippen molar-refractivity contribution in [1.82, 2.24) is 14.5 Å². The maximum Gasteiger partial charge on any atom is 0.326 e. The van der Waals surface area contributed by atoms with Crippen molar-refractivity contribution < 1.29 is 9.53 Å². The van der Waals surface area contributed by atoms with Crippen molar-refractivity contribution in [2.24, 2.45) is 5.92 Å². The number of H-pyrrole nitrogens is 1. The van der Waals surface area contributed by atoms with Crippen molar-refractivity contribution >= 4 is 28.2 Å². The van der Waals surface area contributed by atoms with Crippen molar-refractivity contribution in [3.63, 3.8) is 0 Å². The number of para-hydroxylation sites is 1. The lowest BCUT2D eigenvalue weighted by Crippen LogP contribution is -2.21. The summed E-state index contributed by atoms with van der Waals surface area (Å²) in [7, 11) is 1.61. The number of carbonyl (C=O) groups is 1. The zero-order valence-electron chi connectivity index (χ0n) is 12.8. The number of imidazole rings is 1. The minimum atomic E-state index is -0.145. The van der Waals surface area contributed by atoms with Gasteiger partial charge in [0.15, 0.2) is 0 Å². The fourth-order valence-corrected chi connectivity index (χ4v) is 3.67. The molecule has 6 heteroatoms. The molecule has 1 aliphatic rings. The van der Waals surface area contributed by atoms with Gasteiger partial charge in [0, 0.05) is 17.3 Å². The molecule has 0 bridgehead atoms. The molecule has 3 aromatic rings. The third-order valence-electron chi connectivity index (χ3n) is 4.76. The van der Waals surface area contributed by atoms with E-state index in [0.717, 1.165) is 35.5 Å². The topological polar surface area (TPSA) is 77.0 Å². The van der Waals surface area contributed by atoms with Gasteiger partial charge >= 0.3 is 5.69 Å². The molecular weight excluding hydrogens is 294 g/mol. The van der Waals surface area contributed by atoms with Crippen molar-refractivity contribution in [2.45, 2.75) is 25.3 Å². The van der Waals surface area contributed by atoms with Crippen LogP contribution in [0.2, 0.25) is 0 Å². The van der Waals surface area contributed by atoms with Crippen LogP contribution >= 0.6 is 0 Å². The van der Waals surface area contributed by atoms with Gasteiger partial charge in [0.05, 0.1) is 24.3 Å². The first-order valence-electron chi connectivity index (χ1n) is 7.74. The summed E-state index contributed by atoms with van der Waals surface area (Å²) in [5, 5.41) is 0.884. The Morgan fingerprint density at radius 1 is 1.39 bits per heavy atom. The standard InChI is InChI=1S/C17H17N3O3/c1-23-14-4-2-3-12-15(14)18-8-13-16(12)20(17(22)19-13)11-6-5-10(7-11)9-21/h2-4,8-11H,5-7H2,1H3,(H,19,22)/t10-,11?/m0/s1. The summed E-state index contributed by atoms with van der Waals surface area (Å²) in [6.07, 6.45) is 5.06. The molecule has 1 saturated carbocycles. The van der Waals surface area contributed by atoms with Crippen LogP contribution in [0.5, 0.6) is 5.75 Å². The number of fused-ring (bicyclic) bond motifs is 3. The number of hydrogen-bond donors (Lipinski definition) is 1. The van der Waals surface area contributed by atoms with E-state index in [-0.39, 0.29) is 17.6 Å². The lowest BCUT2D eigenvalue weighted by Gasteiger charge is -2.13. The van der Waals surface area contributed by atoms with E-state index in [1.165, 1.54) is 0 Å². The van der Waals surface area contributed by atoms with E-state index >= 15 is 0 Å². The van der Waals surface area contributed by atoms with Crippen molar-refractivity contribution in [1.29, 1.82) is 0 Å². The van der Waals surface area contributed by atoms with Gasteiger partial charge in [-0.3, -0.25) is 9.55 Å². The Morgan fingerprint density at radius 2 is 2.26 bits per heavy atom. The van der Waals surface area contributed by atoms with Gasteiger partial charge in [0.2, 0.25) is 0 Å². The molecule has 0 radical (unpaired) electrons. The van der Waals surface area contributed by atoms with Crippen molar-refractivity contribution in [3.05, 3.63) is 34.9 Å². The largest absolute Gasteiger partial charge is 0.494 e. The van der Waals surface area contributed by atoms with E-state index < -0.39 is 0 Å². The molecule has 1 N–H and O–H groups in total. The molecule has 6 nitrogen and oxygen atoms in total. The van der Waals surface area contributed by atoms with Gasteiger partial charge in [-0.15, -0.1) is 0 Å². The molecule has 0 spiro atoms. The molecule has 1 aromatic carbocycles. The third kappa shape index (κ3) is 2.05. The van der Waals surface area contributed by atoms with E-state index in [2.05, 4.69) is 9.97 Å². The number of methoxy groups -OCH3 is 1. The van der Waals surface area contributed by atoms with Crippen LogP contribution in [0, 0.1) is 5.92 Å². The molecule has 118 valence electrons. The lowest BCUT2D eigenvalue weighted by molar-refractivity contribution is -0.110. The second kappa shape index (κ2) is 5.22. The van der Waals surface area contributed by atoms with Gasteiger partial charge in [-0.1, -0.05) is 12.1 Å². The molecule has 0 saturated heterocycles. The van der Waals surface area contributed by atoms with E-state index in [0.29, 0.717) is 17.7 Å². The van der Waals surface area contributed by atoms with Crippen LogP contribution in [-0.4, -0.2) is 27.9 Å². The van der Waals surface area contributed by atoms with Gasteiger partial charge < -0.3 is 14.5 Å². The second-order valence-electron chi connectivity index (χ2n) is 6.04. The van der Waals surface area contributed by atoms with E-state index in [1.54, 1.807) is 17.9 Å². The van der Waals surface area contributed by atoms with Crippen LogP contribution in [-0.2, 0) is 4.79 Å². The first-order chi connectivity index (χ1) is 11.2. The molecule has 4 rings (SSSR count). The van der Waals surface area contributed by atoms with Gasteiger partial charge in [-0.25, -0.2) is 4.79 Å². The third-order valence-corrected chi connectivity index (χ3v) is 4.76. The number of aromatic amines is 1. The van der Waals surface area contributed by atoms with Crippen LogP contribution in [0.3, 0.4) is 0 Å². The molecule has 1 unspecified atom stereocenters. The predicted octanol–water partition coefficient (Wildman–Crippen LogP) is 2.43. The van der Waals surface area contributed by atoms with Crippen LogP contribution in [0.15, 0.2) is 29.2 Å². The zero-order valence-corrected chi connectivity index (χ0v) is 12.8. The SMILES string of the molecule is COc1cccc2c1ncc1[nH]c(=O)n(C3CC[C@H](C=O)C3)c12. The number of rotatable bonds is 3. The normalized spacial score (nSPS) is 21.1. The molecule has 0 aliphatic heterocycles. The molecule has 2 atom stereocenters. The highest BCUT2D eigenvalue weighted by atomic mass is 16.5. The van der Waals surface area contributed by atoms with Crippen molar-refractivity contribution in [2.75, 3.05) is 7.11 Å². The summed E-state index contributed by atoms with van der Waals surface area (Å²) in [5.74, 6) is 0.723. The number of ether oxygens (including phenoxy) is 1. The summed E-state index contributed by atoms with van der Waals surface area (Å²) in [6.45, 7) is 0. The molecule has 23 heavy (non-hydrogen) atoms. The number of carbonyl (C=O) groups excluding carboxylic acids is 1. The van der Waals surface area contributed by atoms with Crippen LogP contribution < -0.4 is 10.4 Å². The van der Waals surface area contributed by atoms with Gasteiger partial charge in [0.1, 0.15) is 17.6 Å². The van der Waals surface area contributed by atoms with E-state index in [4.69, 9.17) is 4.74 Å². The minimum absolute atomic E-state index is 0.0412. The van der Waals surface area contributed by atoms with Crippen molar-refractivity contribution in [3.8, 4) is 5.75 Å². The molecule has 0 amide bonds. The summed E-state index contributed by atoms with van der Waals surface area (Å²) in [5.41, 5.74) is 2.15. The average molecular weight is 311 g/mol. The predicted molar refractivity (Wildman–Crippen MR) is 86.9 cm³/mol. The fourth-order valence-electron chi connectivity index (χ4n) is 3.67. The first kappa shape index (κ1) is 14.0. The Kier molecular flexibility index (Phi) is 3.18. The number of aromatic nitrogens is 3. The summed E-state index contributed by atoms with van der Waals surface area (Å²) in [6, 6.07) is 5.74. The molecular formula is C17H17N3O3. The minimum Gasteiger partial charge on any atom is -0.494 e. The fraction of sp³-hybridized carbons (Fsp3) is 0.353.